The number of allylic oxidation sites excluding steroid dienone is 1. The molecule has 0 aromatic carbocycles. The van der Waals surface area contributed by atoms with Crippen molar-refractivity contribution in [3.8, 4) is 0 Å². The van der Waals surface area contributed by atoms with Gasteiger partial charge < -0.3 is 10.5 Å². The smallest absolute Gasteiger partial charge is 0.331 e. The first-order valence-corrected chi connectivity index (χ1v) is 2.51. The van der Waals surface area contributed by atoms with E-state index in [9.17, 15) is 4.79 Å². The lowest BCUT2D eigenvalue weighted by Crippen LogP contribution is -1.97. The molecule has 0 aliphatic carbocycles. The summed E-state index contributed by atoms with van der Waals surface area (Å²) in [6, 6.07) is 0. The van der Waals surface area contributed by atoms with E-state index in [0.717, 1.165) is 0 Å². The van der Waals surface area contributed by atoms with Gasteiger partial charge in [0.1, 0.15) is 0 Å². The second-order valence-electron chi connectivity index (χ2n) is 1.82. The van der Waals surface area contributed by atoms with Crippen LogP contribution >= 0.6 is 0 Å². The lowest BCUT2D eigenvalue weighted by atomic mass is 10.2. The van der Waals surface area contributed by atoms with E-state index in [4.69, 9.17) is 10.5 Å². The zero-order valence-corrected chi connectivity index (χ0v) is 5.43. The number of hydrogen-bond acceptors (Lipinski definition) is 2. The summed E-state index contributed by atoms with van der Waals surface area (Å²) in [5.41, 5.74) is 0.456. The molecule has 3 nitrogen and oxygen atoms in total. The standard InChI is InChI=1S/C6H9NO2/c1-4(6(8)9)3-5(2)7/h3,7H,1-2H3,(H,8,9)/b4-3+,7-5?. The monoisotopic (exact) mass is 127 g/mol. The maximum Gasteiger partial charge on any atom is 0.331 e. The topological polar surface area (TPSA) is 61.2 Å². The Balaban J connectivity index is 4.17. The molecule has 0 saturated carbocycles. The number of carbonyl (C=O) groups is 1. The number of nitrogens with one attached hydrogen (secondary N) is 1. The first-order chi connectivity index (χ1) is 4.04. The minimum atomic E-state index is -0.971. The van der Waals surface area contributed by atoms with Crippen molar-refractivity contribution in [2.75, 3.05) is 0 Å². The molecule has 0 spiro atoms. The summed E-state index contributed by atoms with van der Waals surface area (Å²) in [4.78, 5) is 10.1. The fraction of sp³-hybridized carbons (Fsp3) is 0.333. The number of carboxylic acid groups (broad SMARTS) is 1. The largest absolute Gasteiger partial charge is 0.478 e. The Morgan fingerprint density at radius 3 is 2.11 bits per heavy atom. The molecule has 0 atom stereocenters. The van der Waals surface area contributed by atoms with Crippen molar-refractivity contribution >= 4 is 11.7 Å². The highest BCUT2D eigenvalue weighted by Crippen LogP contribution is 1.91. The van der Waals surface area contributed by atoms with E-state index in [0.29, 0.717) is 0 Å². The van der Waals surface area contributed by atoms with Crippen molar-refractivity contribution in [1.29, 1.82) is 5.41 Å². The van der Waals surface area contributed by atoms with Gasteiger partial charge in [-0.25, -0.2) is 4.79 Å². The minimum Gasteiger partial charge on any atom is -0.478 e. The Hall–Kier alpha value is -1.12. The Bertz CT molecular complexity index is 170. The Morgan fingerprint density at radius 1 is 1.56 bits per heavy atom. The molecule has 0 rings (SSSR count). The van der Waals surface area contributed by atoms with Gasteiger partial charge in [-0.2, -0.15) is 0 Å². The van der Waals surface area contributed by atoms with Crippen LogP contribution in [0.3, 0.4) is 0 Å². The maximum atomic E-state index is 10.1. The molecule has 0 saturated heterocycles. The van der Waals surface area contributed by atoms with E-state index in [2.05, 4.69) is 0 Å². The van der Waals surface area contributed by atoms with Crippen LogP contribution in [-0.4, -0.2) is 16.8 Å². The van der Waals surface area contributed by atoms with E-state index in [-0.39, 0.29) is 11.3 Å². The average molecular weight is 127 g/mol. The van der Waals surface area contributed by atoms with Crippen molar-refractivity contribution in [2.45, 2.75) is 13.8 Å². The molecule has 2 N–H and O–H groups in total. The Kier molecular flexibility index (Phi) is 2.64. The molecule has 0 radical (unpaired) electrons. The lowest BCUT2D eigenvalue weighted by Gasteiger charge is -1.88. The molecule has 50 valence electrons. The molecular formula is C6H9NO2. The second-order valence-corrected chi connectivity index (χ2v) is 1.82. The normalized spacial score (nSPS) is 11.1. The first kappa shape index (κ1) is 7.88. The molecule has 9 heavy (non-hydrogen) atoms. The number of aliphatic carboxylic acids is 1. The summed E-state index contributed by atoms with van der Waals surface area (Å²) in [7, 11) is 0. The van der Waals surface area contributed by atoms with Gasteiger partial charge in [-0.3, -0.25) is 0 Å². The highest BCUT2D eigenvalue weighted by Gasteiger charge is 1.97. The zero-order chi connectivity index (χ0) is 7.44. The van der Waals surface area contributed by atoms with Crippen LogP contribution in [0.2, 0.25) is 0 Å². The van der Waals surface area contributed by atoms with Crippen LogP contribution < -0.4 is 0 Å². The third-order valence-electron chi connectivity index (χ3n) is 0.770. The van der Waals surface area contributed by atoms with Crippen molar-refractivity contribution in [2.24, 2.45) is 0 Å². The van der Waals surface area contributed by atoms with Crippen LogP contribution in [0.5, 0.6) is 0 Å². The number of hydrogen-bond donors (Lipinski definition) is 2. The fourth-order valence-electron chi connectivity index (χ4n) is 0.386. The molecule has 3 heteroatoms. The summed E-state index contributed by atoms with van der Waals surface area (Å²) < 4.78 is 0. The zero-order valence-electron chi connectivity index (χ0n) is 5.43. The van der Waals surface area contributed by atoms with Crippen LogP contribution in [0, 0.1) is 5.41 Å². The van der Waals surface area contributed by atoms with E-state index in [1.165, 1.54) is 19.9 Å². The minimum absolute atomic E-state index is 0.197. The average Bonchev–Trinajstić information content (AvgIpc) is 1.63. The summed E-state index contributed by atoms with van der Waals surface area (Å²) >= 11 is 0. The van der Waals surface area contributed by atoms with Crippen LogP contribution in [0.15, 0.2) is 11.6 Å². The van der Waals surface area contributed by atoms with Gasteiger partial charge >= 0.3 is 5.97 Å². The van der Waals surface area contributed by atoms with E-state index in [1.54, 1.807) is 0 Å². The van der Waals surface area contributed by atoms with Gasteiger partial charge in [0.05, 0.1) is 0 Å². The molecule has 0 aliphatic heterocycles. The predicted octanol–water partition coefficient (Wildman–Crippen LogP) is 1.06. The van der Waals surface area contributed by atoms with E-state index >= 15 is 0 Å². The van der Waals surface area contributed by atoms with Gasteiger partial charge in [0.15, 0.2) is 0 Å². The number of rotatable bonds is 2. The molecule has 0 bridgehead atoms. The molecule has 0 aliphatic rings. The van der Waals surface area contributed by atoms with Crippen LogP contribution in [0.4, 0.5) is 0 Å². The van der Waals surface area contributed by atoms with E-state index < -0.39 is 5.97 Å². The lowest BCUT2D eigenvalue weighted by molar-refractivity contribution is -0.132. The predicted molar refractivity (Wildman–Crippen MR) is 34.8 cm³/mol. The molecule has 0 amide bonds. The first-order valence-electron chi connectivity index (χ1n) is 2.51. The fourth-order valence-corrected chi connectivity index (χ4v) is 0.386. The molecule has 0 unspecified atom stereocenters. The van der Waals surface area contributed by atoms with Crippen LogP contribution in [-0.2, 0) is 4.79 Å². The van der Waals surface area contributed by atoms with Crippen molar-refractivity contribution in [1.82, 2.24) is 0 Å². The highest BCUT2D eigenvalue weighted by atomic mass is 16.4. The van der Waals surface area contributed by atoms with Gasteiger partial charge in [-0.15, -0.1) is 0 Å². The molecule has 0 heterocycles. The van der Waals surface area contributed by atoms with Gasteiger partial charge in [0.2, 0.25) is 0 Å². The molecule has 0 fully saturated rings. The summed E-state index contributed by atoms with van der Waals surface area (Å²) in [6.07, 6.45) is 1.31. The van der Waals surface area contributed by atoms with Gasteiger partial charge in [-0.1, -0.05) is 0 Å². The summed E-state index contributed by atoms with van der Waals surface area (Å²) in [5, 5.41) is 15.1. The maximum absolute atomic E-state index is 10.1. The van der Waals surface area contributed by atoms with Crippen molar-refractivity contribution in [3.05, 3.63) is 11.6 Å². The van der Waals surface area contributed by atoms with Crippen molar-refractivity contribution < 1.29 is 9.90 Å². The third kappa shape index (κ3) is 3.46. The second kappa shape index (κ2) is 3.02. The quantitative estimate of drug-likeness (QED) is 0.430. The summed E-state index contributed by atoms with van der Waals surface area (Å²) in [6.45, 7) is 2.99. The summed E-state index contributed by atoms with van der Waals surface area (Å²) in [5.74, 6) is -0.971. The van der Waals surface area contributed by atoms with Crippen molar-refractivity contribution in [3.63, 3.8) is 0 Å². The van der Waals surface area contributed by atoms with E-state index in [1.807, 2.05) is 0 Å². The molecular weight excluding hydrogens is 118 g/mol. The van der Waals surface area contributed by atoms with Gasteiger partial charge in [-0.05, 0) is 19.9 Å². The third-order valence-corrected chi connectivity index (χ3v) is 0.770. The number of carboxylic acids is 1. The Labute approximate surface area is 53.5 Å². The van der Waals surface area contributed by atoms with Crippen LogP contribution in [0.1, 0.15) is 13.8 Å². The molecule has 0 aromatic rings. The molecule has 0 aromatic heterocycles. The highest BCUT2D eigenvalue weighted by molar-refractivity contribution is 5.98. The van der Waals surface area contributed by atoms with Gasteiger partial charge in [0, 0.05) is 11.3 Å². The van der Waals surface area contributed by atoms with Crippen LogP contribution in [0.25, 0.3) is 0 Å². The Morgan fingerprint density at radius 2 is 2.00 bits per heavy atom. The SMILES string of the molecule is CC(=N)/C=C(\C)C(=O)O. The van der Waals surface area contributed by atoms with Gasteiger partial charge in [0.25, 0.3) is 0 Å².